The van der Waals surface area contributed by atoms with Crippen LogP contribution in [-0.4, -0.2) is 6.54 Å². The second-order valence-corrected chi connectivity index (χ2v) is 5.28. The van der Waals surface area contributed by atoms with Gasteiger partial charge in [-0.05, 0) is 50.3 Å². The third-order valence-corrected chi connectivity index (χ3v) is 3.73. The molecule has 2 unspecified atom stereocenters. The molecule has 1 saturated carbocycles. The van der Waals surface area contributed by atoms with Crippen LogP contribution in [0.5, 0.6) is 0 Å². The average molecular weight is 221 g/mol. The van der Waals surface area contributed by atoms with Gasteiger partial charge in [0.2, 0.25) is 0 Å². The lowest BCUT2D eigenvalue weighted by Crippen LogP contribution is -2.28. The Morgan fingerprint density at radius 3 is 3.06 bits per heavy atom. The van der Waals surface area contributed by atoms with E-state index in [-0.39, 0.29) is 0 Å². The highest BCUT2D eigenvalue weighted by molar-refractivity contribution is 5.02. The molecule has 0 saturated heterocycles. The van der Waals surface area contributed by atoms with Gasteiger partial charge in [-0.15, -0.1) is 0 Å². The largest absolute Gasteiger partial charge is 0.468 e. The third-order valence-electron chi connectivity index (χ3n) is 3.73. The molecule has 0 radical (unpaired) electrons. The number of hydrogen-bond acceptors (Lipinski definition) is 2. The van der Waals surface area contributed by atoms with E-state index in [1.807, 2.05) is 12.1 Å². The van der Waals surface area contributed by atoms with Gasteiger partial charge in [0.05, 0.1) is 12.3 Å². The Labute approximate surface area is 98.4 Å². The first-order chi connectivity index (χ1) is 7.75. The van der Waals surface area contributed by atoms with E-state index in [2.05, 4.69) is 19.2 Å². The van der Waals surface area contributed by atoms with Gasteiger partial charge in [0.1, 0.15) is 5.76 Å². The summed E-state index contributed by atoms with van der Waals surface area (Å²) in [6, 6.07) is 4.34. The van der Waals surface area contributed by atoms with E-state index in [1.54, 1.807) is 6.26 Å². The fraction of sp³-hybridized carbons (Fsp3) is 0.714. The lowest BCUT2D eigenvalue weighted by Gasteiger charge is -2.27. The van der Waals surface area contributed by atoms with Crippen LogP contribution in [0.4, 0.5) is 0 Å². The molecule has 0 bridgehead atoms. The highest BCUT2D eigenvalue weighted by Gasteiger charge is 2.19. The molecule has 2 heteroatoms. The van der Waals surface area contributed by atoms with Gasteiger partial charge < -0.3 is 9.73 Å². The van der Waals surface area contributed by atoms with Crippen molar-refractivity contribution in [2.24, 2.45) is 11.8 Å². The van der Waals surface area contributed by atoms with Crippen molar-refractivity contribution < 1.29 is 4.42 Å². The average Bonchev–Trinajstić information content (AvgIpc) is 2.79. The zero-order valence-electron chi connectivity index (χ0n) is 10.4. The van der Waals surface area contributed by atoms with E-state index in [1.165, 1.54) is 25.7 Å². The molecule has 1 fully saturated rings. The van der Waals surface area contributed by atoms with Crippen LogP contribution in [0.15, 0.2) is 22.8 Å². The topological polar surface area (TPSA) is 25.2 Å². The smallest absolute Gasteiger partial charge is 0.120 e. The summed E-state index contributed by atoms with van der Waals surface area (Å²) < 4.78 is 5.39. The molecule has 1 aromatic rings. The van der Waals surface area contributed by atoms with Gasteiger partial charge in [0.15, 0.2) is 0 Å². The maximum absolute atomic E-state index is 5.39. The predicted molar refractivity (Wildman–Crippen MR) is 66.2 cm³/mol. The minimum atomic E-state index is 0.340. The lowest BCUT2D eigenvalue weighted by atomic mass is 9.82. The van der Waals surface area contributed by atoms with E-state index in [4.69, 9.17) is 4.42 Å². The summed E-state index contributed by atoms with van der Waals surface area (Å²) in [7, 11) is 0. The summed E-state index contributed by atoms with van der Waals surface area (Å²) >= 11 is 0. The van der Waals surface area contributed by atoms with Crippen LogP contribution < -0.4 is 5.32 Å². The summed E-state index contributed by atoms with van der Waals surface area (Å²) in [5.74, 6) is 2.82. The SMILES string of the molecule is CC1CCCC(CN[C@@H](C)c2ccco2)C1. The first-order valence-electron chi connectivity index (χ1n) is 6.52. The van der Waals surface area contributed by atoms with Crippen molar-refractivity contribution in [3.8, 4) is 0 Å². The van der Waals surface area contributed by atoms with Crippen molar-refractivity contribution in [1.29, 1.82) is 0 Å². The van der Waals surface area contributed by atoms with Crippen molar-refractivity contribution in [3.63, 3.8) is 0 Å². The molecule has 1 N–H and O–H groups in total. The van der Waals surface area contributed by atoms with Crippen molar-refractivity contribution in [2.75, 3.05) is 6.54 Å². The molecule has 0 aliphatic heterocycles. The van der Waals surface area contributed by atoms with E-state index >= 15 is 0 Å². The van der Waals surface area contributed by atoms with Gasteiger partial charge in [-0.1, -0.05) is 19.8 Å². The monoisotopic (exact) mass is 221 g/mol. The Morgan fingerprint density at radius 2 is 2.38 bits per heavy atom. The van der Waals surface area contributed by atoms with Gasteiger partial charge in [0.25, 0.3) is 0 Å². The summed E-state index contributed by atoms with van der Waals surface area (Å²) in [6.45, 7) is 5.68. The second-order valence-electron chi connectivity index (χ2n) is 5.28. The van der Waals surface area contributed by atoms with Gasteiger partial charge in [-0.3, -0.25) is 0 Å². The van der Waals surface area contributed by atoms with Crippen LogP contribution in [0.2, 0.25) is 0 Å². The van der Waals surface area contributed by atoms with Crippen LogP contribution >= 0.6 is 0 Å². The molecule has 0 amide bonds. The summed E-state index contributed by atoms with van der Waals surface area (Å²) in [5, 5.41) is 3.58. The normalized spacial score (nSPS) is 27.9. The maximum atomic E-state index is 5.39. The van der Waals surface area contributed by atoms with E-state index in [9.17, 15) is 0 Å². The highest BCUT2D eigenvalue weighted by atomic mass is 16.3. The number of nitrogens with one attached hydrogen (secondary N) is 1. The number of rotatable bonds is 4. The van der Waals surface area contributed by atoms with Crippen molar-refractivity contribution in [3.05, 3.63) is 24.2 Å². The molecule has 3 atom stereocenters. The number of furan rings is 1. The Bertz CT molecular complexity index is 294. The molecule has 2 rings (SSSR count). The van der Waals surface area contributed by atoms with Crippen LogP contribution in [0.3, 0.4) is 0 Å². The van der Waals surface area contributed by atoms with Crippen LogP contribution in [0.1, 0.15) is 51.3 Å². The predicted octanol–water partition coefficient (Wildman–Crippen LogP) is 3.76. The van der Waals surface area contributed by atoms with Gasteiger partial charge in [-0.2, -0.15) is 0 Å². The molecular weight excluding hydrogens is 198 g/mol. The molecule has 90 valence electrons. The fourth-order valence-corrected chi connectivity index (χ4v) is 2.73. The number of hydrogen-bond donors (Lipinski definition) is 1. The van der Waals surface area contributed by atoms with Crippen LogP contribution in [0, 0.1) is 11.8 Å². The molecule has 1 aromatic heterocycles. The molecule has 2 nitrogen and oxygen atoms in total. The lowest BCUT2D eigenvalue weighted by molar-refractivity contribution is 0.264. The van der Waals surface area contributed by atoms with Crippen LogP contribution in [0.25, 0.3) is 0 Å². The fourth-order valence-electron chi connectivity index (χ4n) is 2.73. The second kappa shape index (κ2) is 5.53. The summed E-state index contributed by atoms with van der Waals surface area (Å²) in [4.78, 5) is 0. The molecule has 0 spiro atoms. The Morgan fingerprint density at radius 1 is 1.50 bits per heavy atom. The van der Waals surface area contributed by atoms with Gasteiger partial charge in [-0.25, -0.2) is 0 Å². The zero-order valence-corrected chi connectivity index (χ0v) is 10.4. The van der Waals surface area contributed by atoms with Crippen molar-refractivity contribution in [1.82, 2.24) is 5.32 Å². The quantitative estimate of drug-likeness (QED) is 0.837. The van der Waals surface area contributed by atoms with Crippen molar-refractivity contribution in [2.45, 2.75) is 45.6 Å². The molecule has 1 heterocycles. The van der Waals surface area contributed by atoms with E-state index < -0.39 is 0 Å². The van der Waals surface area contributed by atoms with E-state index in [0.29, 0.717) is 6.04 Å². The maximum Gasteiger partial charge on any atom is 0.120 e. The molecule has 0 aromatic carbocycles. The Balaban J connectivity index is 1.74. The molecule has 1 aliphatic carbocycles. The van der Waals surface area contributed by atoms with Crippen LogP contribution in [-0.2, 0) is 0 Å². The minimum absolute atomic E-state index is 0.340. The standard InChI is InChI=1S/C14H23NO/c1-11-5-3-6-13(9-11)10-15-12(2)14-7-4-8-16-14/h4,7-8,11-13,15H,3,5-6,9-10H2,1-2H3/t11?,12-,13?/m0/s1. The molecular formula is C14H23NO. The first kappa shape index (κ1) is 11.7. The third kappa shape index (κ3) is 3.11. The molecule has 16 heavy (non-hydrogen) atoms. The highest BCUT2D eigenvalue weighted by Crippen LogP contribution is 2.28. The van der Waals surface area contributed by atoms with E-state index in [0.717, 1.165) is 24.1 Å². The first-order valence-corrected chi connectivity index (χ1v) is 6.52. The summed E-state index contributed by atoms with van der Waals surface area (Å²) in [5.41, 5.74) is 0. The Hall–Kier alpha value is -0.760. The van der Waals surface area contributed by atoms with Crippen molar-refractivity contribution >= 4 is 0 Å². The van der Waals surface area contributed by atoms with Gasteiger partial charge in [0, 0.05) is 0 Å². The summed E-state index contributed by atoms with van der Waals surface area (Å²) in [6.07, 6.45) is 7.35. The molecule has 1 aliphatic rings. The Kier molecular flexibility index (Phi) is 4.05. The minimum Gasteiger partial charge on any atom is -0.468 e. The zero-order chi connectivity index (χ0) is 11.4. The van der Waals surface area contributed by atoms with Gasteiger partial charge >= 0.3 is 0 Å².